The average molecular weight is 347 g/mol. The van der Waals surface area contributed by atoms with Crippen molar-refractivity contribution in [3.8, 4) is 0 Å². The van der Waals surface area contributed by atoms with Gasteiger partial charge in [0.25, 0.3) is 0 Å². The number of thioether (sulfide) groups is 1. The summed E-state index contributed by atoms with van der Waals surface area (Å²) in [5.74, 6) is -1.71. The van der Waals surface area contributed by atoms with Crippen LogP contribution in [-0.2, 0) is 28.7 Å². The highest BCUT2D eigenvalue weighted by Gasteiger charge is 2.25. The molecule has 0 heterocycles. The van der Waals surface area contributed by atoms with Crippen LogP contribution in [0.1, 0.15) is 40.5 Å². The van der Waals surface area contributed by atoms with Crippen LogP contribution in [-0.4, -0.2) is 48.0 Å². The number of nitrogens with one attached hydrogen (secondary N) is 1. The maximum absolute atomic E-state index is 11.9. The van der Waals surface area contributed by atoms with Gasteiger partial charge in [0.2, 0.25) is 5.91 Å². The first kappa shape index (κ1) is 21.4. The highest BCUT2D eigenvalue weighted by Crippen LogP contribution is 2.11. The third-order valence-corrected chi connectivity index (χ3v) is 3.92. The van der Waals surface area contributed by atoms with E-state index in [1.54, 1.807) is 20.8 Å². The standard InChI is InChI=1S/C15H25NO6S/c1-5-10(4)14(19)16-11(15(20)22-7-3)9-23-13(18)8-12(17)21-6-2/h10-11H,5-9H2,1-4H3,(H,16,19). The molecular formula is C15H25NO6S. The molecule has 23 heavy (non-hydrogen) atoms. The fourth-order valence-electron chi connectivity index (χ4n) is 1.47. The Morgan fingerprint density at radius 1 is 1.04 bits per heavy atom. The second kappa shape index (κ2) is 11.9. The van der Waals surface area contributed by atoms with Gasteiger partial charge in [0.15, 0.2) is 5.12 Å². The molecule has 8 heteroatoms. The van der Waals surface area contributed by atoms with Crippen LogP contribution >= 0.6 is 11.8 Å². The SMILES string of the molecule is CCOC(=O)CC(=O)SCC(NC(=O)C(C)CC)C(=O)OCC. The fourth-order valence-corrected chi connectivity index (χ4v) is 2.26. The van der Waals surface area contributed by atoms with Crippen LogP contribution in [0.4, 0.5) is 0 Å². The van der Waals surface area contributed by atoms with Gasteiger partial charge in [-0.3, -0.25) is 14.4 Å². The van der Waals surface area contributed by atoms with Crippen molar-refractivity contribution in [1.29, 1.82) is 0 Å². The van der Waals surface area contributed by atoms with Gasteiger partial charge in [0, 0.05) is 11.7 Å². The van der Waals surface area contributed by atoms with Crippen molar-refractivity contribution < 1.29 is 28.7 Å². The summed E-state index contributed by atoms with van der Waals surface area (Å²) in [7, 11) is 0. The van der Waals surface area contributed by atoms with Crippen molar-refractivity contribution in [2.45, 2.75) is 46.6 Å². The molecule has 0 aromatic heterocycles. The Kier molecular flexibility index (Phi) is 11.1. The molecule has 0 aliphatic carbocycles. The second-order valence-corrected chi connectivity index (χ2v) is 5.86. The Balaban J connectivity index is 4.58. The van der Waals surface area contributed by atoms with Crippen molar-refractivity contribution in [3.05, 3.63) is 0 Å². The molecule has 7 nitrogen and oxygen atoms in total. The second-order valence-electron chi connectivity index (χ2n) is 4.79. The monoisotopic (exact) mass is 347 g/mol. The third kappa shape index (κ3) is 9.22. The summed E-state index contributed by atoms with van der Waals surface area (Å²) in [6.07, 6.45) is 0.268. The minimum atomic E-state index is -0.924. The largest absolute Gasteiger partial charge is 0.466 e. The minimum Gasteiger partial charge on any atom is -0.466 e. The van der Waals surface area contributed by atoms with E-state index in [4.69, 9.17) is 4.74 Å². The number of hydrogen-bond acceptors (Lipinski definition) is 7. The maximum Gasteiger partial charge on any atom is 0.329 e. The van der Waals surface area contributed by atoms with E-state index in [0.29, 0.717) is 6.42 Å². The van der Waals surface area contributed by atoms with Crippen LogP contribution in [0.15, 0.2) is 0 Å². The van der Waals surface area contributed by atoms with Gasteiger partial charge < -0.3 is 14.8 Å². The summed E-state index contributed by atoms with van der Waals surface area (Å²) in [5.41, 5.74) is 0. The first-order valence-electron chi connectivity index (χ1n) is 7.63. The van der Waals surface area contributed by atoms with E-state index in [1.165, 1.54) is 0 Å². The summed E-state index contributed by atoms with van der Waals surface area (Å²) in [6.45, 7) is 7.29. The molecule has 1 amide bonds. The fraction of sp³-hybridized carbons (Fsp3) is 0.733. The molecule has 0 aromatic carbocycles. The zero-order chi connectivity index (χ0) is 17.8. The highest BCUT2D eigenvalue weighted by molar-refractivity contribution is 8.13. The molecule has 132 valence electrons. The summed E-state index contributed by atoms with van der Waals surface area (Å²) in [5, 5.41) is 2.16. The number of carbonyl (C=O) groups excluding carboxylic acids is 4. The molecule has 0 aliphatic rings. The number of esters is 2. The van der Waals surface area contributed by atoms with Crippen LogP contribution in [0.5, 0.6) is 0 Å². The number of hydrogen-bond donors (Lipinski definition) is 1. The number of amides is 1. The normalized spacial score (nSPS) is 12.9. The van der Waals surface area contributed by atoms with Gasteiger partial charge in [-0.15, -0.1) is 0 Å². The number of ether oxygens (including phenoxy) is 2. The van der Waals surface area contributed by atoms with E-state index in [9.17, 15) is 19.2 Å². The topological polar surface area (TPSA) is 98.8 Å². The van der Waals surface area contributed by atoms with Crippen LogP contribution in [0.3, 0.4) is 0 Å². The van der Waals surface area contributed by atoms with Gasteiger partial charge in [-0.25, -0.2) is 4.79 Å². The van der Waals surface area contributed by atoms with E-state index in [-0.39, 0.29) is 37.2 Å². The number of carbonyl (C=O) groups is 4. The predicted molar refractivity (Wildman–Crippen MR) is 86.7 cm³/mol. The Morgan fingerprint density at radius 3 is 2.17 bits per heavy atom. The highest BCUT2D eigenvalue weighted by atomic mass is 32.2. The molecule has 0 radical (unpaired) electrons. The third-order valence-electron chi connectivity index (χ3n) is 2.95. The van der Waals surface area contributed by atoms with Crippen LogP contribution in [0.25, 0.3) is 0 Å². The van der Waals surface area contributed by atoms with Gasteiger partial charge in [-0.2, -0.15) is 0 Å². The van der Waals surface area contributed by atoms with Crippen molar-refractivity contribution >= 4 is 34.7 Å². The molecule has 0 aromatic rings. The molecular weight excluding hydrogens is 322 g/mol. The lowest BCUT2D eigenvalue weighted by molar-refractivity contribution is -0.147. The Hall–Kier alpha value is -1.57. The van der Waals surface area contributed by atoms with Crippen LogP contribution < -0.4 is 5.32 Å². The molecule has 0 saturated carbocycles. The molecule has 0 spiro atoms. The van der Waals surface area contributed by atoms with E-state index >= 15 is 0 Å². The Bertz CT molecular complexity index is 426. The Morgan fingerprint density at radius 2 is 1.65 bits per heavy atom. The molecule has 0 rings (SSSR count). The molecule has 2 atom stereocenters. The maximum atomic E-state index is 11.9. The Labute approximate surface area is 140 Å². The molecule has 0 saturated heterocycles. The lowest BCUT2D eigenvalue weighted by atomic mass is 10.1. The predicted octanol–water partition coefficient (Wildman–Crippen LogP) is 1.29. The van der Waals surface area contributed by atoms with Crippen molar-refractivity contribution in [2.24, 2.45) is 5.92 Å². The summed E-state index contributed by atoms with van der Waals surface area (Å²) in [6, 6.07) is -0.924. The van der Waals surface area contributed by atoms with Gasteiger partial charge in [0.1, 0.15) is 12.5 Å². The van der Waals surface area contributed by atoms with Gasteiger partial charge in [-0.05, 0) is 20.3 Å². The average Bonchev–Trinajstić information content (AvgIpc) is 2.50. The first-order valence-corrected chi connectivity index (χ1v) is 8.62. The summed E-state index contributed by atoms with van der Waals surface area (Å²) < 4.78 is 9.58. The van der Waals surface area contributed by atoms with E-state index in [1.807, 2.05) is 6.92 Å². The quantitative estimate of drug-likeness (QED) is 0.469. The lowest BCUT2D eigenvalue weighted by Crippen LogP contribution is -2.45. The lowest BCUT2D eigenvalue weighted by Gasteiger charge is -2.18. The molecule has 0 fully saturated rings. The van der Waals surface area contributed by atoms with E-state index in [2.05, 4.69) is 10.1 Å². The molecule has 1 N–H and O–H groups in total. The van der Waals surface area contributed by atoms with Crippen molar-refractivity contribution in [1.82, 2.24) is 5.32 Å². The number of rotatable bonds is 10. The zero-order valence-corrected chi connectivity index (χ0v) is 14.9. The smallest absolute Gasteiger partial charge is 0.329 e. The molecule has 2 unspecified atom stereocenters. The minimum absolute atomic E-state index is 0.0131. The first-order chi connectivity index (χ1) is 10.8. The van der Waals surface area contributed by atoms with Crippen LogP contribution in [0.2, 0.25) is 0 Å². The van der Waals surface area contributed by atoms with Gasteiger partial charge >= 0.3 is 11.9 Å². The zero-order valence-electron chi connectivity index (χ0n) is 14.0. The van der Waals surface area contributed by atoms with Crippen molar-refractivity contribution in [2.75, 3.05) is 19.0 Å². The van der Waals surface area contributed by atoms with Gasteiger partial charge in [0.05, 0.1) is 13.2 Å². The molecule has 0 bridgehead atoms. The summed E-state index contributed by atoms with van der Waals surface area (Å²) in [4.78, 5) is 46.7. The van der Waals surface area contributed by atoms with Crippen LogP contribution in [0, 0.1) is 5.92 Å². The molecule has 0 aliphatic heterocycles. The van der Waals surface area contributed by atoms with Crippen molar-refractivity contribution in [3.63, 3.8) is 0 Å². The van der Waals surface area contributed by atoms with Gasteiger partial charge in [-0.1, -0.05) is 25.6 Å². The van der Waals surface area contributed by atoms with E-state index < -0.39 is 23.1 Å². The summed E-state index contributed by atoms with van der Waals surface area (Å²) >= 11 is 0.799. The van der Waals surface area contributed by atoms with E-state index in [0.717, 1.165) is 11.8 Å².